The average Bonchev–Trinajstić information content (AvgIpc) is 3.22. The standard InChI is InChI=1S/C21H17FN6O4/c1-2-31-13-27-20(19(25-26-27)14-6-8-15(22)9-7-14)18-10-11-23-21(24-18)32-17-5-3-4-16(12-17)28(29)30/h3-12H,2,13H2,1H3. The second kappa shape index (κ2) is 9.27. The average molecular weight is 436 g/mol. The minimum absolute atomic E-state index is 0.0165. The van der Waals surface area contributed by atoms with Gasteiger partial charge in [-0.2, -0.15) is 4.98 Å². The summed E-state index contributed by atoms with van der Waals surface area (Å²) in [5.74, 6) is -0.150. The van der Waals surface area contributed by atoms with Crippen LogP contribution in [-0.2, 0) is 11.5 Å². The van der Waals surface area contributed by atoms with Gasteiger partial charge >= 0.3 is 6.01 Å². The maximum Gasteiger partial charge on any atom is 0.322 e. The topological polar surface area (TPSA) is 118 Å². The monoisotopic (exact) mass is 436 g/mol. The van der Waals surface area contributed by atoms with Crippen LogP contribution in [0, 0.1) is 15.9 Å². The highest BCUT2D eigenvalue weighted by Crippen LogP contribution is 2.31. The Kier molecular flexibility index (Phi) is 6.08. The molecule has 0 saturated carbocycles. The first-order valence-electron chi connectivity index (χ1n) is 9.58. The molecular formula is C21H17FN6O4. The quantitative estimate of drug-likeness (QED) is 0.297. The van der Waals surface area contributed by atoms with E-state index in [1.54, 1.807) is 24.3 Å². The van der Waals surface area contributed by atoms with E-state index in [1.807, 2.05) is 6.92 Å². The first kappa shape index (κ1) is 21.0. The van der Waals surface area contributed by atoms with Gasteiger partial charge in [0.25, 0.3) is 5.69 Å². The lowest BCUT2D eigenvalue weighted by Gasteiger charge is -2.09. The molecule has 0 aliphatic carbocycles. The molecule has 0 aliphatic rings. The number of nitrogens with zero attached hydrogens (tertiary/aromatic N) is 6. The molecule has 0 amide bonds. The van der Waals surface area contributed by atoms with E-state index in [0.29, 0.717) is 29.3 Å². The molecule has 0 spiro atoms. The van der Waals surface area contributed by atoms with E-state index in [2.05, 4.69) is 20.3 Å². The Labute approximate surface area is 181 Å². The molecule has 0 fully saturated rings. The maximum absolute atomic E-state index is 13.4. The molecular weight excluding hydrogens is 419 g/mol. The van der Waals surface area contributed by atoms with Crippen molar-refractivity contribution in [3.8, 4) is 34.4 Å². The fourth-order valence-electron chi connectivity index (χ4n) is 2.92. The zero-order valence-electron chi connectivity index (χ0n) is 16.9. The summed E-state index contributed by atoms with van der Waals surface area (Å²) in [7, 11) is 0. The van der Waals surface area contributed by atoms with Crippen LogP contribution in [0.1, 0.15) is 6.92 Å². The molecule has 2 aromatic carbocycles. The summed E-state index contributed by atoms with van der Waals surface area (Å²) in [5, 5.41) is 19.4. The summed E-state index contributed by atoms with van der Waals surface area (Å²) in [6, 6.07) is 13.2. The van der Waals surface area contributed by atoms with E-state index >= 15 is 0 Å². The molecule has 10 nitrogen and oxygen atoms in total. The molecule has 2 aromatic heterocycles. The SMILES string of the molecule is CCOCn1nnc(-c2ccc(F)cc2)c1-c1ccnc(Oc2cccc([N+](=O)[O-])c2)n1. The Hall–Kier alpha value is -4.25. The smallest absolute Gasteiger partial charge is 0.322 e. The number of halogens is 1. The second-order valence-corrected chi connectivity index (χ2v) is 6.50. The number of nitro groups is 1. The summed E-state index contributed by atoms with van der Waals surface area (Å²) in [4.78, 5) is 19.0. The molecule has 4 aromatic rings. The third-order valence-electron chi connectivity index (χ3n) is 4.38. The minimum atomic E-state index is -0.517. The Morgan fingerprint density at radius 1 is 1.16 bits per heavy atom. The third-order valence-corrected chi connectivity index (χ3v) is 4.38. The van der Waals surface area contributed by atoms with Crippen LogP contribution in [-0.4, -0.2) is 36.5 Å². The maximum atomic E-state index is 13.4. The number of non-ortho nitro benzene ring substituents is 1. The number of ether oxygens (including phenoxy) is 2. The van der Waals surface area contributed by atoms with Crippen molar-refractivity contribution in [2.75, 3.05) is 6.61 Å². The molecule has 0 saturated heterocycles. The van der Waals surface area contributed by atoms with Crippen LogP contribution in [0.2, 0.25) is 0 Å². The Morgan fingerprint density at radius 3 is 2.72 bits per heavy atom. The Balaban J connectivity index is 1.73. The summed E-state index contributed by atoms with van der Waals surface area (Å²) in [5.41, 5.74) is 1.96. The molecule has 0 N–H and O–H groups in total. The van der Waals surface area contributed by atoms with Gasteiger partial charge < -0.3 is 9.47 Å². The fraction of sp³-hybridized carbons (Fsp3) is 0.143. The number of nitro benzene ring substituents is 1. The number of aromatic nitrogens is 5. The number of hydrogen-bond acceptors (Lipinski definition) is 8. The summed E-state index contributed by atoms with van der Waals surface area (Å²) in [6.45, 7) is 2.45. The highest BCUT2D eigenvalue weighted by molar-refractivity contribution is 5.76. The molecule has 11 heteroatoms. The van der Waals surface area contributed by atoms with Gasteiger partial charge in [-0.15, -0.1) is 5.10 Å². The van der Waals surface area contributed by atoms with E-state index < -0.39 is 4.92 Å². The highest BCUT2D eigenvalue weighted by Gasteiger charge is 2.19. The van der Waals surface area contributed by atoms with Crippen LogP contribution < -0.4 is 4.74 Å². The van der Waals surface area contributed by atoms with Gasteiger partial charge in [0.2, 0.25) is 0 Å². The van der Waals surface area contributed by atoms with E-state index in [-0.39, 0.29) is 30.0 Å². The van der Waals surface area contributed by atoms with Gasteiger partial charge in [0.15, 0.2) is 0 Å². The molecule has 0 radical (unpaired) electrons. The van der Waals surface area contributed by atoms with Crippen LogP contribution in [0.25, 0.3) is 22.6 Å². The zero-order chi connectivity index (χ0) is 22.5. The van der Waals surface area contributed by atoms with Crippen LogP contribution in [0.5, 0.6) is 11.8 Å². The van der Waals surface area contributed by atoms with E-state index in [0.717, 1.165) is 0 Å². The van der Waals surface area contributed by atoms with Crippen molar-refractivity contribution in [1.82, 2.24) is 25.0 Å². The molecule has 0 atom stereocenters. The van der Waals surface area contributed by atoms with Crippen molar-refractivity contribution < 1.29 is 18.8 Å². The van der Waals surface area contributed by atoms with E-state index in [9.17, 15) is 14.5 Å². The predicted molar refractivity (Wildman–Crippen MR) is 111 cm³/mol. The molecule has 0 aliphatic heterocycles. The lowest BCUT2D eigenvalue weighted by atomic mass is 10.1. The molecule has 32 heavy (non-hydrogen) atoms. The van der Waals surface area contributed by atoms with Crippen molar-refractivity contribution in [3.63, 3.8) is 0 Å². The third kappa shape index (κ3) is 4.57. The minimum Gasteiger partial charge on any atom is -0.424 e. The normalized spacial score (nSPS) is 10.8. The van der Waals surface area contributed by atoms with Crippen LogP contribution in [0.3, 0.4) is 0 Å². The first-order valence-corrected chi connectivity index (χ1v) is 9.58. The lowest BCUT2D eigenvalue weighted by molar-refractivity contribution is -0.384. The molecule has 0 bridgehead atoms. The molecule has 162 valence electrons. The Bertz CT molecular complexity index is 1250. The van der Waals surface area contributed by atoms with Crippen LogP contribution in [0.4, 0.5) is 10.1 Å². The van der Waals surface area contributed by atoms with Crippen molar-refractivity contribution in [2.24, 2.45) is 0 Å². The van der Waals surface area contributed by atoms with Crippen molar-refractivity contribution in [1.29, 1.82) is 0 Å². The second-order valence-electron chi connectivity index (χ2n) is 6.50. The number of rotatable bonds is 8. The van der Waals surface area contributed by atoms with Gasteiger partial charge in [-0.3, -0.25) is 10.1 Å². The Morgan fingerprint density at radius 2 is 1.97 bits per heavy atom. The van der Waals surface area contributed by atoms with Crippen molar-refractivity contribution in [2.45, 2.75) is 13.7 Å². The van der Waals surface area contributed by atoms with Crippen molar-refractivity contribution in [3.05, 3.63) is 76.7 Å². The highest BCUT2D eigenvalue weighted by atomic mass is 19.1. The number of hydrogen-bond donors (Lipinski definition) is 0. The molecule has 2 heterocycles. The van der Waals surface area contributed by atoms with Crippen LogP contribution >= 0.6 is 0 Å². The van der Waals surface area contributed by atoms with E-state index in [4.69, 9.17) is 9.47 Å². The molecule has 0 unspecified atom stereocenters. The van der Waals surface area contributed by atoms with Crippen LogP contribution in [0.15, 0.2) is 60.8 Å². The number of benzene rings is 2. The lowest BCUT2D eigenvalue weighted by Crippen LogP contribution is -2.07. The summed E-state index contributed by atoms with van der Waals surface area (Å²) < 4.78 is 26.0. The first-order chi connectivity index (χ1) is 15.5. The zero-order valence-corrected chi connectivity index (χ0v) is 16.9. The van der Waals surface area contributed by atoms with E-state index in [1.165, 1.54) is 41.2 Å². The van der Waals surface area contributed by atoms with Gasteiger partial charge in [-0.25, -0.2) is 14.1 Å². The fourth-order valence-corrected chi connectivity index (χ4v) is 2.92. The van der Waals surface area contributed by atoms with Gasteiger partial charge in [-0.05, 0) is 43.3 Å². The van der Waals surface area contributed by atoms with Gasteiger partial charge in [0.05, 0.1) is 16.7 Å². The molecule has 4 rings (SSSR count). The summed E-state index contributed by atoms with van der Waals surface area (Å²) in [6.07, 6.45) is 1.49. The van der Waals surface area contributed by atoms with Gasteiger partial charge in [-0.1, -0.05) is 11.3 Å². The van der Waals surface area contributed by atoms with Gasteiger partial charge in [0.1, 0.15) is 29.7 Å². The van der Waals surface area contributed by atoms with Gasteiger partial charge in [0, 0.05) is 24.4 Å². The largest absolute Gasteiger partial charge is 0.424 e. The summed E-state index contributed by atoms with van der Waals surface area (Å²) >= 11 is 0. The van der Waals surface area contributed by atoms with Crippen molar-refractivity contribution >= 4 is 5.69 Å². The predicted octanol–water partition coefficient (Wildman–Crippen LogP) is 4.24.